The first-order valence-electron chi connectivity index (χ1n) is 10.2. The van der Waals surface area contributed by atoms with Crippen LogP contribution in [0.1, 0.15) is 90.9 Å². The summed E-state index contributed by atoms with van der Waals surface area (Å²) in [5.74, 6) is 0. The van der Waals surface area contributed by atoms with E-state index in [2.05, 4.69) is 24.5 Å². The minimum Gasteiger partial charge on any atom is -0.317 e. The van der Waals surface area contributed by atoms with Gasteiger partial charge in [0.05, 0.1) is 0 Å². The second-order valence-corrected chi connectivity index (χ2v) is 8.24. The van der Waals surface area contributed by atoms with Crippen molar-refractivity contribution in [3.05, 3.63) is 0 Å². The molecule has 1 aliphatic carbocycles. The van der Waals surface area contributed by atoms with Crippen LogP contribution in [0.2, 0.25) is 0 Å². The van der Waals surface area contributed by atoms with Crippen LogP contribution in [0.5, 0.6) is 0 Å². The van der Waals surface area contributed by atoms with Crippen LogP contribution in [0, 0.1) is 10.8 Å². The van der Waals surface area contributed by atoms with Gasteiger partial charge in [0.25, 0.3) is 0 Å². The summed E-state index contributed by atoms with van der Waals surface area (Å²) in [6.45, 7) is 9.80. The number of hydrogen-bond acceptors (Lipinski definition) is 2. The Bertz CT molecular complexity index is 271. The largest absolute Gasteiger partial charge is 0.317 e. The molecular formula is C20H42Cl2N2. The molecule has 3 rings (SSSR count). The standard InChI is InChI=1S/C15H29N.C5H11N.2ClH/c1-3-5-14(6-4-2)7-9-15(10-8-14)11-12-16-13-15;1-2-4-6-5-3-1;;/h16H,3-13H2,1-2H3;6H,1-5H2;2*1H. The molecule has 0 radical (unpaired) electrons. The van der Waals surface area contributed by atoms with Crippen molar-refractivity contribution in [2.75, 3.05) is 26.2 Å². The molecule has 2 saturated heterocycles. The Hall–Kier alpha value is 0.500. The van der Waals surface area contributed by atoms with Gasteiger partial charge in [-0.2, -0.15) is 0 Å². The van der Waals surface area contributed by atoms with Crippen molar-refractivity contribution in [2.24, 2.45) is 10.8 Å². The van der Waals surface area contributed by atoms with Gasteiger partial charge in [-0.05, 0) is 88.3 Å². The molecule has 2 N–H and O–H groups in total. The maximum atomic E-state index is 3.57. The average molecular weight is 381 g/mol. The zero-order chi connectivity index (χ0) is 15.7. The number of hydrogen-bond donors (Lipinski definition) is 2. The molecule has 0 bridgehead atoms. The molecule has 0 aromatic heterocycles. The number of piperidine rings is 1. The fourth-order valence-electron chi connectivity index (χ4n) is 5.02. The van der Waals surface area contributed by atoms with Gasteiger partial charge in [-0.3, -0.25) is 0 Å². The van der Waals surface area contributed by atoms with E-state index in [0.29, 0.717) is 5.41 Å². The molecule has 3 fully saturated rings. The lowest BCUT2D eigenvalue weighted by Gasteiger charge is -2.45. The van der Waals surface area contributed by atoms with Gasteiger partial charge in [0.15, 0.2) is 0 Å². The highest BCUT2D eigenvalue weighted by Crippen LogP contribution is 2.52. The smallest absolute Gasteiger partial charge is 0.000829 e. The van der Waals surface area contributed by atoms with E-state index in [1.165, 1.54) is 103 Å². The first kappa shape index (κ1) is 24.5. The predicted molar refractivity (Wildman–Crippen MR) is 112 cm³/mol. The first-order chi connectivity index (χ1) is 10.7. The molecule has 1 saturated carbocycles. The number of halogens is 2. The van der Waals surface area contributed by atoms with Crippen LogP contribution in [0.25, 0.3) is 0 Å². The van der Waals surface area contributed by atoms with E-state index in [4.69, 9.17) is 0 Å². The maximum Gasteiger partial charge on any atom is 0.000829 e. The molecule has 0 unspecified atom stereocenters. The minimum atomic E-state index is 0. The topological polar surface area (TPSA) is 24.1 Å². The molecule has 24 heavy (non-hydrogen) atoms. The highest BCUT2D eigenvalue weighted by atomic mass is 35.5. The van der Waals surface area contributed by atoms with Crippen molar-refractivity contribution in [3.8, 4) is 0 Å². The van der Waals surface area contributed by atoms with Crippen molar-refractivity contribution in [1.82, 2.24) is 10.6 Å². The summed E-state index contributed by atoms with van der Waals surface area (Å²) in [6.07, 6.45) is 17.4. The highest BCUT2D eigenvalue weighted by molar-refractivity contribution is 5.85. The van der Waals surface area contributed by atoms with Crippen molar-refractivity contribution >= 4 is 24.8 Å². The summed E-state index contributed by atoms with van der Waals surface area (Å²) >= 11 is 0. The van der Waals surface area contributed by atoms with E-state index in [9.17, 15) is 0 Å². The molecule has 4 heteroatoms. The summed E-state index contributed by atoms with van der Waals surface area (Å²) in [6, 6.07) is 0. The van der Waals surface area contributed by atoms with Crippen molar-refractivity contribution in [1.29, 1.82) is 0 Å². The normalized spacial score (nSPS) is 24.2. The molecule has 0 aromatic carbocycles. The summed E-state index contributed by atoms with van der Waals surface area (Å²) in [7, 11) is 0. The fraction of sp³-hybridized carbons (Fsp3) is 1.00. The van der Waals surface area contributed by atoms with Gasteiger partial charge in [0.1, 0.15) is 0 Å². The minimum absolute atomic E-state index is 0. The molecular weight excluding hydrogens is 339 g/mol. The quantitative estimate of drug-likeness (QED) is 0.650. The van der Waals surface area contributed by atoms with E-state index in [1.807, 2.05) is 0 Å². The molecule has 0 amide bonds. The lowest BCUT2D eigenvalue weighted by Crippen LogP contribution is -2.35. The van der Waals surface area contributed by atoms with E-state index >= 15 is 0 Å². The van der Waals surface area contributed by atoms with Crippen molar-refractivity contribution < 1.29 is 0 Å². The Balaban J connectivity index is 0.000000565. The van der Waals surface area contributed by atoms with Crippen molar-refractivity contribution in [3.63, 3.8) is 0 Å². The summed E-state index contributed by atoms with van der Waals surface area (Å²) in [5, 5.41) is 6.86. The molecule has 3 aliphatic rings. The first-order valence-corrected chi connectivity index (χ1v) is 10.2. The maximum absolute atomic E-state index is 3.57. The van der Waals surface area contributed by atoms with Crippen LogP contribution in [0.15, 0.2) is 0 Å². The molecule has 2 nitrogen and oxygen atoms in total. The van der Waals surface area contributed by atoms with E-state index in [0.717, 1.165) is 5.41 Å². The van der Waals surface area contributed by atoms with Gasteiger partial charge in [-0.15, -0.1) is 24.8 Å². The molecule has 2 heterocycles. The van der Waals surface area contributed by atoms with Crippen LogP contribution in [0.4, 0.5) is 0 Å². The predicted octanol–water partition coefficient (Wildman–Crippen LogP) is 5.73. The van der Waals surface area contributed by atoms with Crippen LogP contribution in [0.3, 0.4) is 0 Å². The average Bonchev–Trinajstić information content (AvgIpc) is 3.02. The molecule has 0 atom stereocenters. The highest BCUT2D eigenvalue weighted by Gasteiger charge is 2.42. The molecule has 0 aromatic rings. The van der Waals surface area contributed by atoms with Gasteiger partial charge in [0.2, 0.25) is 0 Å². The molecule has 2 aliphatic heterocycles. The van der Waals surface area contributed by atoms with Crippen LogP contribution in [-0.2, 0) is 0 Å². The lowest BCUT2D eigenvalue weighted by molar-refractivity contribution is 0.0721. The third-order valence-corrected chi connectivity index (χ3v) is 6.47. The third kappa shape index (κ3) is 7.40. The number of nitrogens with one attached hydrogen (secondary N) is 2. The Kier molecular flexibility index (Phi) is 13.1. The summed E-state index contributed by atoms with van der Waals surface area (Å²) in [5.41, 5.74) is 1.45. The van der Waals surface area contributed by atoms with Gasteiger partial charge in [0, 0.05) is 6.54 Å². The lowest BCUT2D eigenvalue weighted by atomic mass is 9.60. The second kappa shape index (κ2) is 12.8. The fourth-order valence-corrected chi connectivity index (χ4v) is 5.02. The summed E-state index contributed by atoms with van der Waals surface area (Å²) < 4.78 is 0. The third-order valence-electron chi connectivity index (χ3n) is 6.47. The van der Waals surface area contributed by atoms with Gasteiger partial charge in [-0.1, -0.05) is 33.1 Å². The zero-order valence-electron chi connectivity index (χ0n) is 16.1. The molecule has 1 spiro atoms. The van der Waals surface area contributed by atoms with Crippen LogP contribution >= 0.6 is 24.8 Å². The van der Waals surface area contributed by atoms with E-state index in [1.54, 1.807) is 0 Å². The number of rotatable bonds is 4. The zero-order valence-corrected chi connectivity index (χ0v) is 17.8. The second-order valence-electron chi connectivity index (χ2n) is 8.24. The van der Waals surface area contributed by atoms with Crippen LogP contribution in [-0.4, -0.2) is 26.2 Å². The Morgan fingerprint density at radius 1 is 0.667 bits per heavy atom. The molecule has 146 valence electrons. The van der Waals surface area contributed by atoms with Crippen molar-refractivity contribution in [2.45, 2.75) is 90.9 Å². The Labute approximate surface area is 163 Å². The van der Waals surface area contributed by atoms with E-state index in [-0.39, 0.29) is 24.8 Å². The Morgan fingerprint density at radius 3 is 1.58 bits per heavy atom. The Morgan fingerprint density at radius 2 is 1.25 bits per heavy atom. The SMILES string of the molecule is C1CCNCC1.CCCC1(CCC)CCC2(CCNC2)CC1.Cl.Cl. The van der Waals surface area contributed by atoms with E-state index < -0.39 is 0 Å². The van der Waals surface area contributed by atoms with Gasteiger partial charge in [-0.25, -0.2) is 0 Å². The van der Waals surface area contributed by atoms with Gasteiger partial charge >= 0.3 is 0 Å². The monoisotopic (exact) mass is 380 g/mol. The van der Waals surface area contributed by atoms with Crippen LogP contribution < -0.4 is 10.6 Å². The van der Waals surface area contributed by atoms with Gasteiger partial charge < -0.3 is 10.6 Å². The summed E-state index contributed by atoms with van der Waals surface area (Å²) in [4.78, 5) is 0.